The van der Waals surface area contributed by atoms with E-state index in [4.69, 9.17) is 13.6 Å². The Morgan fingerprint density at radius 2 is 2.00 bits per heavy atom. The Morgan fingerprint density at radius 1 is 1.27 bits per heavy atom. The fraction of sp³-hybridized carbons (Fsp3) is 0.357. The van der Waals surface area contributed by atoms with Gasteiger partial charge in [-0.05, 0) is 32.1 Å². The maximum atomic E-state index is 5.37. The molecule has 2 unspecified atom stereocenters. The fourth-order valence-electron chi connectivity index (χ4n) is 1.23. The number of benzene rings is 1. The third-order valence-corrected chi connectivity index (χ3v) is 4.03. The molecule has 0 aliphatic rings. The van der Waals surface area contributed by atoms with E-state index < -0.39 is 8.60 Å². The standard InChI is InChI=1S/C14H21N2O3PS.H3P/c1-4-18-20(17-3)19-12-6-5-11-15-16-21-14-9-7-13(2)8-10-14;/h5-11,16H,4,12H2,1-3H3;1H3/b6-5+,15-11+;. The highest BCUT2D eigenvalue weighted by molar-refractivity contribution is 7.97. The van der Waals surface area contributed by atoms with E-state index in [2.05, 4.69) is 29.0 Å². The molecule has 0 aromatic heterocycles. The minimum Gasteiger partial charge on any atom is -0.316 e. The topological polar surface area (TPSA) is 52.1 Å². The second kappa shape index (κ2) is 14.1. The molecule has 22 heavy (non-hydrogen) atoms. The number of nitrogens with zero attached hydrogens (tertiary/aromatic N) is 1. The van der Waals surface area contributed by atoms with Gasteiger partial charge in [-0.1, -0.05) is 23.8 Å². The zero-order chi connectivity index (χ0) is 15.3. The van der Waals surface area contributed by atoms with Crippen molar-refractivity contribution < 1.29 is 13.6 Å². The molecule has 0 amide bonds. The maximum absolute atomic E-state index is 5.37. The van der Waals surface area contributed by atoms with E-state index in [1.165, 1.54) is 17.5 Å². The van der Waals surface area contributed by atoms with Gasteiger partial charge < -0.3 is 13.6 Å². The Bertz CT molecular complexity index is 444. The van der Waals surface area contributed by atoms with Crippen LogP contribution in [0.25, 0.3) is 0 Å². The van der Waals surface area contributed by atoms with E-state index in [9.17, 15) is 0 Å². The first kappa shape index (κ1) is 21.5. The molecule has 8 heteroatoms. The zero-order valence-electron chi connectivity index (χ0n) is 13.2. The molecule has 5 nitrogen and oxygen atoms in total. The number of allylic oxidation sites excluding steroid dienone is 1. The van der Waals surface area contributed by atoms with E-state index >= 15 is 0 Å². The lowest BCUT2D eigenvalue weighted by molar-refractivity contribution is 0.200. The van der Waals surface area contributed by atoms with Crippen LogP contribution in [0.5, 0.6) is 0 Å². The molecule has 0 aliphatic heterocycles. The summed E-state index contributed by atoms with van der Waals surface area (Å²) in [5.41, 5.74) is 1.24. The maximum Gasteiger partial charge on any atom is 0.332 e. The van der Waals surface area contributed by atoms with Crippen molar-refractivity contribution >= 4 is 36.7 Å². The normalized spacial score (nSPS) is 12.5. The highest BCUT2D eigenvalue weighted by Gasteiger charge is 2.06. The quantitative estimate of drug-likeness (QED) is 0.294. The smallest absolute Gasteiger partial charge is 0.316 e. The number of hydrogen-bond acceptors (Lipinski definition) is 6. The first-order valence-corrected chi connectivity index (χ1v) is 8.44. The summed E-state index contributed by atoms with van der Waals surface area (Å²) >= 11 is 1.46. The summed E-state index contributed by atoms with van der Waals surface area (Å²) in [5, 5.41) is 4.05. The lowest BCUT2D eigenvalue weighted by atomic mass is 10.2. The molecule has 0 aliphatic carbocycles. The molecule has 0 radical (unpaired) electrons. The van der Waals surface area contributed by atoms with Gasteiger partial charge in [0.15, 0.2) is 0 Å². The van der Waals surface area contributed by atoms with Gasteiger partial charge in [0.05, 0.1) is 13.2 Å². The molecule has 1 rings (SSSR count). The van der Waals surface area contributed by atoms with Gasteiger partial charge in [0, 0.05) is 30.2 Å². The van der Waals surface area contributed by atoms with Crippen molar-refractivity contribution in [3.05, 3.63) is 42.0 Å². The van der Waals surface area contributed by atoms with Gasteiger partial charge in [-0.25, -0.2) is 4.83 Å². The molecule has 0 saturated heterocycles. The summed E-state index contributed by atoms with van der Waals surface area (Å²) in [7, 11) is 0.334. The van der Waals surface area contributed by atoms with Crippen molar-refractivity contribution in [3.63, 3.8) is 0 Å². The van der Waals surface area contributed by atoms with Gasteiger partial charge in [-0.15, -0.1) is 0 Å². The largest absolute Gasteiger partial charge is 0.332 e. The van der Waals surface area contributed by atoms with Crippen LogP contribution < -0.4 is 4.83 Å². The Balaban J connectivity index is 0.00000441. The van der Waals surface area contributed by atoms with Gasteiger partial charge in [-0.2, -0.15) is 15.0 Å². The SMILES string of the molecule is CCOP(OC)OC/C=C/C=N/NSc1ccc(C)cc1.P. The van der Waals surface area contributed by atoms with Crippen LogP contribution >= 0.6 is 30.4 Å². The molecule has 0 fully saturated rings. The molecule has 124 valence electrons. The van der Waals surface area contributed by atoms with Crippen LogP contribution in [0.2, 0.25) is 0 Å². The molecule has 0 saturated carbocycles. The lowest BCUT2D eigenvalue weighted by Crippen LogP contribution is -1.93. The molecule has 0 spiro atoms. The van der Waals surface area contributed by atoms with Gasteiger partial charge in [0.2, 0.25) is 0 Å². The van der Waals surface area contributed by atoms with Crippen molar-refractivity contribution in [2.45, 2.75) is 18.7 Å². The van der Waals surface area contributed by atoms with Crippen molar-refractivity contribution in [1.82, 2.24) is 4.83 Å². The second-order valence-corrected chi connectivity index (χ2v) is 6.02. The van der Waals surface area contributed by atoms with Crippen LogP contribution in [-0.2, 0) is 13.6 Å². The van der Waals surface area contributed by atoms with Gasteiger partial charge in [0.25, 0.3) is 0 Å². The van der Waals surface area contributed by atoms with Crippen molar-refractivity contribution in [2.24, 2.45) is 5.10 Å². The Morgan fingerprint density at radius 3 is 2.64 bits per heavy atom. The molecule has 0 bridgehead atoms. The lowest BCUT2D eigenvalue weighted by Gasteiger charge is -2.11. The minimum atomic E-state index is -1.23. The predicted molar refractivity (Wildman–Crippen MR) is 100 cm³/mol. The summed E-state index contributed by atoms with van der Waals surface area (Å²) in [6.07, 6.45) is 5.31. The van der Waals surface area contributed by atoms with E-state index in [0.29, 0.717) is 13.2 Å². The molecular formula is C14H24N2O3P2S. The average molecular weight is 362 g/mol. The molecular weight excluding hydrogens is 338 g/mol. The van der Waals surface area contributed by atoms with Gasteiger partial charge in [-0.3, -0.25) is 0 Å². The highest BCUT2D eigenvalue weighted by atomic mass is 32.2. The first-order chi connectivity index (χ1) is 10.3. The monoisotopic (exact) mass is 362 g/mol. The van der Waals surface area contributed by atoms with Crippen LogP contribution in [0.1, 0.15) is 12.5 Å². The summed E-state index contributed by atoms with van der Waals surface area (Å²) in [4.78, 5) is 4.02. The molecule has 1 aromatic carbocycles. The van der Waals surface area contributed by atoms with Crippen LogP contribution in [0, 0.1) is 6.92 Å². The summed E-state index contributed by atoms with van der Waals surface area (Å²) in [6.45, 7) is 4.97. The predicted octanol–water partition coefficient (Wildman–Crippen LogP) is 4.12. The number of rotatable bonds is 10. The molecule has 1 aromatic rings. The van der Waals surface area contributed by atoms with E-state index in [0.717, 1.165) is 4.90 Å². The summed E-state index contributed by atoms with van der Waals surface area (Å²) in [5.74, 6) is 0. The van der Waals surface area contributed by atoms with Crippen LogP contribution in [0.15, 0.2) is 46.4 Å². The van der Waals surface area contributed by atoms with Crippen LogP contribution in [0.4, 0.5) is 0 Å². The third-order valence-electron chi connectivity index (χ3n) is 2.19. The number of aryl methyl sites for hydroxylation is 1. The average Bonchev–Trinajstić information content (AvgIpc) is 2.50. The van der Waals surface area contributed by atoms with E-state index in [1.807, 2.05) is 25.1 Å². The van der Waals surface area contributed by atoms with E-state index in [-0.39, 0.29) is 9.90 Å². The molecule has 2 atom stereocenters. The summed E-state index contributed by atoms with van der Waals surface area (Å²) in [6, 6.07) is 8.23. The van der Waals surface area contributed by atoms with Gasteiger partial charge >= 0.3 is 8.60 Å². The van der Waals surface area contributed by atoms with Crippen molar-refractivity contribution in [3.8, 4) is 0 Å². The van der Waals surface area contributed by atoms with E-state index in [1.54, 1.807) is 19.4 Å². The Labute approximate surface area is 141 Å². The fourth-order valence-corrected chi connectivity index (χ4v) is 2.42. The van der Waals surface area contributed by atoms with Crippen LogP contribution in [0.3, 0.4) is 0 Å². The third kappa shape index (κ3) is 10.3. The minimum absolute atomic E-state index is 0. The van der Waals surface area contributed by atoms with Gasteiger partial charge in [0.1, 0.15) is 0 Å². The van der Waals surface area contributed by atoms with Crippen molar-refractivity contribution in [1.29, 1.82) is 0 Å². The summed E-state index contributed by atoms with van der Waals surface area (Å²) < 4.78 is 15.6. The number of hydrogen-bond donors (Lipinski definition) is 1. The first-order valence-electron chi connectivity index (χ1n) is 6.53. The Hall–Kier alpha value is -0.480. The molecule has 1 N–H and O–H groups in total. The Kier molecular flexibility index (Phi) is 13.8. The van der Waals surface area contributed by atoms with Crippen LogP contribution in [-0.4, -0.2) is 26.5 Å². The number of nitrogens with one attached hydrogen (secondary N) is 1. The zero-order valence-corrected chi connectivity index (χ0v) is 16.3. The van der Waals surface area contributed by atoms with Crippen molar-refractivity contribution in [2.75, 3.05) is 20.3 Å². The highest BCUT2D eigenvalue weighted by Crippen LogP contribution is 2.37. The molecule has 0 heterocycles. The second-order valence-electron chi connectivity index (χ2n) is 3.83. The number of hydrazone groups is 1.